The van der Waals surface area contributed by atoms with Gasteiger partial charge >= 0.3 is 0 Å². The first kappa shape index (κ1) is 18.3. The van der Waals surface area contributed by atoms with Crippen molar-refractivity contribution in [2.24, 2.45) is 0 Å². The molecular weight excluding hydrogens is 308 g/mol. The van der Waals surface area contributed by atoms with Crippen LogP contribution in [0.25, 0.3) is 0 Å². The highest BCUT2D eigenvalue weighted by Crippen LogP contribution is 2.20. The van der Waals surface area contributed by atoms with Gasteiger partial charge in [-0.3, -0.25) is 15.0 Å². The number of hydrogen-bond acceptors (Lipinski definition) is 7. The van der Waals surface area contributed by atoms with Gasteiger partial charge in [0, 0.05) is 23.8 Å². The Labute approximate surface area is 134 Å². The molecule has 1 rings (SSSR count). The Balaban J connectivity index is 2.46. The van der Waals surface area contributed by atoms with Gasteiger partial charge in [0.15, 0.2) is 0 Å². The lowest BCUT2D eigenvalue weighted by atomic mass is 10.1. The minimum absolute atomic E-state index is 0.135. The molecule has 0 radical (unpaired) electrons. The smallest absolute Gasteiger partial charge is 0.240 e. The van der Waals surface area contributed by atoms with Crippen LogP contribution in [0.5, 0.6) is 0 Å². The monoisotopic (exact) mass is 332 g/mol. The van der Waals surface area contributed by atoms with Gasteiger partial charge in [0.25, 0.3) is 0 Å². The molecule has 120 valence electrons. The van der Waals surface area contributed by atoms with Gasteiger partial charge in [-0.2, -0.15) is 9.36 Å². The number of anilines is 1. The number of aromatic nitrogens is 2. The molecule has 0 saturated carbocycles. The van der Waals surface area contributed by atoms with Crippen molar-refractivity contribution in [1.29, 1.82) is 0 Å². The molecule has 1 amide bonds. The third-order valence-corrected chi connectivity index (χ3v) is 4.31. The summed E-state index contributed by atoms with van der Waals surface area (Å²) in [6.07, 6.45) is 1.06. The third kappa shape index (κ3) is 7.75. The molecule has 0 bridgehead atoms. The molecule has 1 heterocycles. The summed E-state index contributed by atoms with van der Waals surface area (Å²) in [6, 6.07) is 0. The fourth-order valence-corrected chi connectivity index (χ4v) is 3.12. The zero-order chi connectivity index (χ0) is 15.9. The van der Waals surface area contributed by atoms with Crippen molar-refractivity contribution in [3.05, 3.63) is 0 Å². The van der Waals surface area contributed by atoms with Gasteiger partial charge in [-0.1, -0.05) is 25.6 Å². The quantitative estimate of drug-likeness (QED) is 0.674. The lowest BCUT2D eigenvalue weighted by molar-refractivity contribution is -0.117. The summed E-state index contributed by atoms with van der Waals surface area (Å²) in [5.74, 6) is 0.837. The summed E-state index contributed by atoms with van der Waals surface area (Å²) in [5, 5.41) is 13.8. The van der Waals surface area contributed by atoms with Crippen LogP contribution in [0.15, 0.2) is 5.16 Å². The number of amides is 1. The molecule has 1 aromatic rings. The predicted octanol–water partition coefficient (Wildman–Crippen LogP) is 2.07. The fourth-order valence-electron chi connectivity index (χ4n) is 1.70. The predicted molar refractivity (Wildman–Crippen MR) is 88.0 cm³/mol. The van der Waals surface area contributed by atoms with E-state index < -0.39 is 5.60 Å². The molecule has 0 spiro atoms. The molecule has 2 N–H and O–H groups in total. The Morgan fingerprint density at radius 3 is 2.76 bits per heavy atom. The van der Waals surface area contributed by atoms with Gasteiger partial charge < -0.3 is 5.11 Å². The van der Waals surface area contributed by atoms with Crippen LogP contribution in [0.2, 0.25) is 0 Å². The molecule has 0 saturated heterocycles. The van der Waals surface area contributed by atoms with Crippen molar-refractivity contribution in [3.8, 4) is 0 Å². The number of likely N-dealkylation sites (N-methyl/N-ethyl adjacent to an activating group) is 1. The Hall–Kier alpha value is -0.700. The maximum absolute atomic E-state index is 12.0. The SMILES string of the molecule is CCCSc1nsc(NC(=O)CN(CC)CC(C)(C)O)n1. The summed E-state index contributed by atoms with van der Waals surface area (Å²) >= 11 is 2.78. The van der Waals surface area contributed by atoms with Crippen LogP contribution in [-0.4, -0.2) is 56.3 Å². The van der Waals surface area contributed by atoms with E-state index in [0.717, 1.165) is 12.2 Å². The Bertz CT molecular complexity index is 446. The van der Waals surface area contributed by atoms with E-state index in [-0.39, 0.29) is 12.5 Å². The molecule has 6 nitrogen and oxygen atoms in total. The van der Waals surface area contributed by atoms with Crippen molar-refractivity contribution in [2.45, 2.75) is 44.9 Å². The van der Waals surface area contributed by atoms with Crippen LogP contribution < -0.4 is 5.32 Å². The Morgan fingerprint density at radius 1 is 1.48 bits per heavy atom. The van der Waals surface area contributed by atoms with Crippen molar-refractivity contribution < 1.29 is 9.90 Å². The molecule has 0 aliphatic rings. The first-order chi connectivity index (χ1) is 9.84. The molecule has 0 aliphatic carbocycles. The van der Waals surface area contributed by atoms with Gasteiger partial charge in [-0.25, -0.2) is 0 Å². The molecule has 0 aliphatic heterocycles. The number of nitrogens with zero attached hydrogens (tertiary/aromatic N) is 3. The highest BCUT2D eigenvalue weighted by Gasteiger charge is 2.19. The molecule has 8 heteroatoms. The first-order valence-electron chi connectivity index (χ1n) is 7.05. The van der Waals surface area contributed by atoms with E-state index in [9.17, 15) is 9.90 Å². The average molecular weight is 332 g/mol. The molecular formula is C13H24N4O2S2. The van der Waals surface area contributed by atoms with Crippen LogP contribution in [-0.2, 0) is 4.79 Å². The number of nitrogens with one attached hydrogen (secondary N) is 1. The lowest BCUT2D eigenvalue weighted by Gasteiger charge is -2.27. The minimum atomic E-state index is -0.816. The van der Waals surface area contributed by atoms with Gasteiger partial charge in [-0.05, 0) is 26.8 Å². The summed E-state index contributed by atoms with van der Waals surface area (Å²) in [7, 11) is 0. The largest absolute Gasteiger partial charge is 0.389 e. The van der Waals surface area contributed by atoms with Crippen molar-refractivity contribution in [3.63, 3.8) is 0 Å². The molecule has 1 aromatic heterocycles. The second kappa shape index (κ2) is 8.67. The van der Waals surface area contributed by atoms with E-state index in [0.29, 0.717) is 23.4 Å². The molecule has 0 atom stereocenters. The fraction of sp³-hybridized carbons (Fsp3) is 0.769. The maximum atomic E-state index is 12.0. The van der Waals surface area contributed by atoms with E-state index in [4.69, 9.17) is 0 Å². The topological polar surface area (TPSA) is 78.4 Å². The summed E-state index contributed by atoms with van der Waals surface area (Å²) in [6.45, 7) is 8.91. The number of rotatable bonds is 9. The van der Waals surface area contributed by atoms with Gasteiger partial charge in [0.1, 0.15) is 0 Å². The number of thioether (sulfide) groups is 1. The number of carbonyl (C=O) groups excluding carboxylic acids is 1. The lowest BCUT2D eigenvalue weighted by Crippen LogP contribution is -2.42. The highest BCUT2D eigenvalue weighted by atomic mass is 32.2. The summed E-state index contributed by atoms with van der Waals surface area (Å²) in [5.41, 5.74) is -0.816. The normalized spacial score (nSPS) is 11.9. The molecule has 21 heavy (non-hydrogen) atoms. The van der Waals surface area contributed by atoms with Gasteiger partial charge in [0.05, 0.1) is 12.1 Å². The Morgan fingerprint density at radius 2 is 2.19 bits per heavy atom. The summed E-state index contributed by atoms with van der Waals surface area (Å²) in [4.78, 5) is 18.1. The van der Waals surface area contributed by atoms with Crippen molar-refractivity contribution >= 4 is 34.3 Å². The van der Waals surface area contributed by atoms with E-state index in [1.807, 2.05) is 11.8 Å². The number of carbonyl (C=O) groups is 1. The molecule has 0 unspecified atom stereocenters. The average Bonchev–Trinajstić information content (AvgIpc) is 2.81. The van der Waals surface area contributed by atoms with Crippen LogP contribution in [0.4, 0.5) is 5.13 Å². The second-order valence-electron chi connectivity index (χ2n) is 5.39. The number of hydrogen-bond donors (Lipinski definition) is 2. The zero-order valence-electron chi connectivity index (χ0n) is 13.0. The molecule has 0 aromatic carbocycles. The zero-order valence-corrected chi connectivity index (χ0v) is 14.7. The van der Waals surface area contributed by atoms with E-state index >= 15 is 0 Å². The van der Waals surface area contributed by atoms with Gasteiger partial charge in [0.2, 0.25) is 16.2 Å². The van der Waals surface area contributed by atoms with Crippen molar-refractivity contribution in [2.75, 3.05) is 30.7 Å². The third-order valence-electron chi connectivity index (χ3n) is 2.51. The first-order valence-corrected chi connectivity index (χ1v) is 8.81. The van der Waals surface area contributed by atoms with Crippen LogP contribution in [0.3, 0.4) is 0 Å². The van der Waals surface area contributed by atoms with Crippen LogP contribution >= 0.6 is 23.3 Å². The highest BCUT2D eigenvalue weighted by molar-refractivity contribution is 7.99. The van der Waals surface area contributed by atoms with Crippen molar-refractivity contribution in [1.82, 2.24) is 14.3 Å². The van der Waals surface area contributed by atoms with Crippen LogP contribution in [0, 0.1) is 0 Å². The maximum Gasteiger partial charge on any atom is 0.240 e. The summed E-state index contributed by atoms with van der Waals surface area (Å²) < 4.78 is 4.19. The number of aliphatic hydroxyl groups is 1. The van der Waals surface area contributed by atoms with E-state index in [1.54, 1.807) is 25.6 Å². The minimum Gasteiger partial charge on any atom is -0.389 e. The standard InChI is InChI=1S/C13H24N4O2S2/c1-5-7-20-12-15-11(21-16-12)14-10(18)8-17(6-2)9-13(3,4)19/h19H,5-9H2,1-4H3,(H,14,15,16,18). The Kier molecular flexibility index (Phi) is 7.58. The van der Waals surface area contributed by atoms with Gasteiger partial charge in [-0.15, -0.1) is 0 Å². The second-order valence-corrected chi connectivity index (χ2v) is 7.21. The molecule has 0 fully saturated rings. The van der Waals surface area contributed by atoms with E-state index in [2.05, 4.69) is 21.6 Å². The van der Waals surface area contributed by atoms with E-state index in [1.165, 1.54) is 11.5 Å². The van der Waals surface area contributed by atoms with Crippen LogP contribution in [0.1, 0.15) is 34.1 Å².